The number of carbonyl (C=O) groups excluding carboxylic acids is 2. The molecule has 0 spiro atoms. The van der Waals surface area contributed by atoms with E-state index in [1.54, 1.807) is 6.92 Å². The number of rotatable bonds is 2. The van der Waals surface area contributed by atoms with Gasteiger partial charge in [0.2, 0.25) is 0 Å². The van der Waals surface area contributed by atoms with Crippen LogP contribution >= 0.6 is 0 Å². The molecule has 0 saturated heterocycles. The van der Waals surface area contributed by atoms with Crippen molar-refractivity contribution in [2.45, 2.75) is 32.1 Å². The Morgan fingerprint density at radius 3 is 2.80 bits per heavy atom. The van der Waals surface area contributed by atoms with Gasteiger partial charge in [0.05, 0.1) is 0 Å². The van der Waals surface area contributed by atoms with Gasteiger partial charge in [0, 0.05) is 18.4 Å². The summed E-state index contributed by atoms with van der Waals surface area (Å²) >= 11 is 0. The molecule has 2 rings (SSSR count). The van der Waals surface area contributed by atoms with Gasteiger partial charge in [-0.25, -0.2) is 0 Å². The second-order valence-electron chi connectivity index (χ2n) is 4.16. The summed E-state index contributed by atoms with van der Waals surface area (Å²) in [6.45, 7) is 1.57. The Hall–Kier alpha value is -1.44. The average molecular weight is 202 g/mol. The van der Waals surface area contributed by atoms with Crippen molar-refractivity contribution in [3.63, 3.8) is 0 Å². The molecule has 1 aromatic rings. The summed E-state index contributed by atoms with van der Waals surface area (Å²) in [6, 6.07) is 7.65. The fraction of sp³-hybridized carbons (Fsp3) is 0.385. The minimum Gasteiger partial charge on any atom is -0.300 e. The third-order valence-electron chi connectivity index (χ3n) is 3.01. The molecule has 0 bridgehead atoms. The number of Topliss-reactive ketones (excluding diaryl/α,β-unsaturated/α-hetero) is 2. The molecule has 0 heterocycles. The summed E-state index contributed by atoms with van der Waals surface area (Å²) < 4.78 is 0. The zero-order chi connectivity index (χ0) is 10.8. The Balaban J connectivity index is 2.25. The molecule has 0 aliphatic heterocycles. The molecule has 1 saturated carbocycles. The molecule has 0 radical (unpaired) electrons. The van der Waals surface area contributed by atoms with E-state index in [1.807, 2.05) is 24.3 Å². The van der Waals surface area contributed by atoms with Crippen molar-refractivity contribution < 1.29 is 9.59 Å². The molecule has 0 N–H and O–H groups in total. The summed E-state index contributed by atoms with van der Waals surface area (Å²) in [5.74, 6) is 0.756. The number of benzene rings is 1. The summed E-state index contributed by atoms with van der Waals surface area (Å²) in [7, 11) is 0. The minimum absolute atomic E-state index is 0.0844. The highest BCUT2D eigenvalue weighted by molar-refractivity contribution is 5.94. The number of hydrogen-bond acceptors (Lipinski definition) is 2. The van der Waals surface area contributed by atoms with Crippen LogP contribution < -0.4 is 0 Å². The Labute approximate surface area is 89.3 Å². The van der Waals surface area contributed by atoms with E-state index in [2.05, 4.69) is 0 Å². The SMILES string of the molecule is CC(=O)c1cccc(C2CCC(=O)C2)c1. The first-order valence-corrected chi connectivity index (χ1v) is 5.29. The molecular formula is C13H14O2. The van der Waals surface area contributed by atoms with Crippen molar-refractivity contribution in [1.82, 2.24) is 0 Å². The minimum atomic E-state index is 0.0844. The first-order valence-electron chi connectivity index (χ1n) is 5.29. The molecule has 2 nitrogen and oxygen atoms in total. The lowest BCUT2D eigenvalue weighted by molar-refractivity contribution is -0.117. The summed E-state index contributed by atoms with van der Waals surface area (Å²) in [6.07, 6.45) is 2.26. The number of ketones is 2. The van der Waals surface area contributed by atoms with Gasteiger partial charge >= 0.3 is 0 Å². The predicted molar refractivity (Wildman–Crippen MR) is 58.0 cm³/mol. The maximum Gasteiger partial charge on any atom is 0.159 e. The lowest BCUT2D eigenvalue weighted by atomic mass is 9.95. The fourth-order valence-corrected chi connectivity index (χ4v) is 2.11. The van der Waals surface area contributed by atoms with Gasteiger partial charge in [-0.2, -0.15) is 0 Å². The Morgan fingerprint density at radius 1 is 1.40 bits per heavy atom. The van der Waals surface area contributed by atoms with E-state index in [9.17, 15) is 9.59 Å². The predicted octanol–water partition coefficient (Wildman–Crippen LogP) is 2.73. The molecule has 1 aliphatic rings. The zero-order valence-electron chi connectivity index (χ0n) is 8.82. The van der Waals surface area contributed by atoms with E-state index < -0.39 is 0 Å². The smallest absolute Gasteiger partial charge is 0.159 e. The van der Waals surface area contributed by atoms with E-state index in [0.29, 0.717) is 24.5 Å². The van der Waals surface area contributed by atoms with Crippen LogP contribution in [0.5, 0.6) is 0 Å². The van der Waals surface area contributed by atoms with Crippen LogP contribution in [0, 0.1) is 0 Å². The van der Waals surface area contributed by atoms with Crippen molar-refractivity contribution in [2.24, 2.45) is 0 Å². The maximum atomic E-state index is 11.2. The van der Waals surface area contributed by atoms with Gasteiger partial charge in [0.1, 0.15) is 5.78 Å². The molecule has 1 unspecified atom stereocenters. The van der Waals surface area contributed by atoms with Crippen molar-refractivity contribution in [3.05, 3.63) is 35.4 Å². The Bertz CT molecular complexity index is 407. The van der Waals surface area contributed by atoms with Crippen LogP contribution in [0.1, 0.15) is 48.0 Å². The quantitative estimate of drug-likeness (QED) is 0.691. The molecule has 1 aliphatic carbocycles. The second-order valence-corrected chi connectivity index (χ2v) is 4.16. The highest BCUT2D eigenvalue weighted by atomic mass is 16.1. The number of carbonyl (C=O) groups is 2. The summed E-state index contributed by atoms with van der Waals surface area (Å²) in [5.41, 5.74) is 1.88. The van der Waals surface area contributed by atoms with Crippen LogP contribution in [0.3, 0.4) is 0 Å². The first-order chi connectivity index (χ1) is 7.16. The topological polar surface area (TPSA) is 34.1 Å². The Kier molecular flexibility index (Phi) is 2.67. The second kappa shape index (κ2) is 3.97. The van der Waals surface area contributed by atoms with Crippen molar-refractivity contribution in [3.8, 4) is 0 Å². The Morgan fingerprint density at radius 2 is 2.20 bits per heavy atom. The summed E-state index contributed by atoms with van der Waals surface area (Å²) in [5, 5.41) is 0. The van der Waals surface area contributed by atoms with Gasteiger partial charge in [0.15, 0.2) is 5.78 Å². The van der Waals surface area contributed by atoms with Crippen LogP contribution in [-0.4, -0.2) is 11.6 Å². The average Bonchev–Trinajstić information content (AvgIpc) is 2.65. The molecule has 78 valence electrons. The van der Waals surface area contributed by atoms with Crippen molar-refractivity contribution >= 4 is 11.6 Å². The van der Waals surface area contributed by atoms with Crippen LogP contribution in [0.15, 0.2) is 24.3 Å². The van der Waals surface area contributed by atoms with E-state index in [-0.39, 0.29) is 5.78 Å². The van der Waals surface area contributed by atoms with Crippen LogP contribution in [0.2, 0.25) is 0 Å². The van der Waals surface area contributed by atoms with Crippen molar-refractivity contribution in [2.75, 3.05) is 0 Å². The van der Waals surface area contributed by atoms with Gasteiger partial charge in [-0.1, -0.05) is 18.2 Å². The largest absolute Gasteiger partial charge is 0.300 e. The molecule has 0 aromatic heterocycles. The zero-order valence-corrected chi connectivity index (χ0v) is 8.82. The van der Waals surface area contributed by atoms with Crippen molar-refractivity contribution in [1.29, 1.82) is 0 Å². The fourth-order valence-electron chi connectivity index (χ4n) is 2.11. The molecule has 1 atom stereocenters. The molecule has 1 fully saturated rings. The highest BCUT2D eigenvalue weighted by Crippen LogP contribution is 2.32. The molecule has 15 heavy (non-hydrogen) atoms. The van der Waals surface area contributed by atoms with E-state index >= 15 is 0 Å². The third kappa shape index (κ3) is 2.14. The van der Waals surface area contributed by atoms with E-state index in [4.69, 9.17) is 0 Å². The van der Waals surface area contributed by atoms with Gasteiger partial charge in [0.25, 0.3) is 0 Å². The number of hydrogen-bond donors (Lipinski definition) is 0. The van der Waals surface area contributed by atoms with E-state index in [1.165, 1.54) is 0 Å². The monoisotopic (exact) mass is 202 g/mol. The first kappa shape index (κ1) is 10.1. The molecule has 2 heteroatoms. The standard InChI is InChI=1S/C13H14O2/c1-9(14)10-3-2-4-11(7-10)12-5-6-13(15)8-12/h2-4,7,12H,5-6,8H2,1H3. The maximum absolute atomic E-state index is 11.2. The van der Waals surface area contributed by atoms with Gasteiger partial charge in [-0.05, 0) is 30.9 Å². The molecule has 1 aromatic carbocycles. The van der Waals surface area contributed by atoms with Gasteiger partial charge in [-0.15, -0.1) is 0 Å². The van der Waals surface area contributed by atoms with Gasteiger partial charge < -0.3 is 0 Å². The van der Waals surface area contributed by atoms with E-state index in [0.717, 1.165) is 17.5 Å². The summed E-state index contributed by atoms with van der Waals surface area (Å²) in [4.78, 5) is 22.4. The van der Waals surface area contributed by atoms with Crippen LogP contribution in [-0.2, 0) is 4.79 Å². The molecule has 0 amide bonds. The van der Waals surface area contributed by atoms with Gasteiger partial charge in [-0.3, -0.25) is 9.59 Å². The highest BCUT2D eigenvalue weighted by Gasteiger charge is 2.23. The lowest BCUT2D eigenvalue weighted by Crippen LogP contribution is -1.98. The third-order valence-corrected chi connectivity index (χ3v) is 3.01. The normalized spacial score (nSPS) is 20.6. The van der Waals surface area contributed by atoms with Crippen LogP contribution in [0.25, 0.3) is 0 Å². The molecular weight excluding hydrogens is 188 g/mol. The van der Waals surface area contributed by atoms with Crippen LogP contribution in [0.4, 0.5) is 0 Å². The lowest BCUT2D eigenvalue weighted by Gasteiger charge is -2.09.